The molecule has 1 aliphatic rings. The van der Waals surface area contributed by atoms with Crippen LogP contribution in [0.5, 0.6) is 0 Å². The molecule has 0 aromatic carbocycles. The molecule has 0 spiro atoms. The lowest BCUT2D eigenvalue weighted by atomic mass is 10.1. The van der Waals surface area contributed by atoms with Gasteiger partial charge in [0.25, 0.3) is 0 Å². The highest BCUT2D eigenvalue weighted by Gasteiger charge is 2.27. The Labute approximate surface area is 78.7 Å². The lowest BCUT2D eigenvalue weighted by Gasteiger charge is -2.19. The van der Waals surface area contributed by atoms with Gasteiger partial charge in [-0.25, -0.2) is 0 Å². The summed E-state index contributed by atoms with van der Waals surface area (Å²) in [6, 6.07) is -0.379. The van der Waals surface area contributed by atoms with Crippen molar-refractivity contribution in [3.05, 3.63) is 0 Å². The van der Waals surface area contributed by atoms with Crippen LogP contribution in [0.1, 0.15) is 26.2 Å². The fourth-order valence-electron chi connectivity index (χ4n) is 1.61. The molecule has 0 radical (unpaired) electrons. The van der Waals surface area contributed by atoms with Crippen LogP contribution in [-0.2, 0) is 4.79 Å². The number of hydrogen-bond acceptors (Lipinski definition) is 3. The second kappa shape index (κ2) is 4.58. The molecule has 3 N–H and O–H groups in total. The third-order valence-corrected chi connectivity index (χ3v) is 2.39. The highest BCUT2D eigenvalue weighted by atomic mass is 16.3. The Morgan fingerprint density at radius 2 is 2.46 bits per heavy atom. The molecule has 1 unspecified atom stereocenters. The van der Waals surface area contributed by atoms with Crippen molar-refractivity contribution in [2.45, 2.75) is 38.3 Å². The van der Waals surface area contributed by atoms with Crippen molar-refractivity contribution in [1.29, 1.82) is 0 Å². The molecule has 0 aromatic heterocycles. The van der Waals surface area contributed by atoms with E-state index in [-0.39, 0.29) is 18.1 Å². The number of rotatable bonds is 3. The van der Waals surface area contributed by atoms with E-state index < -0.39 is 0 Å². The molecule has 1 amide bonds. The summed E-state index contributed by atoms with van der Waals surface area (Å²) < 4.78 is 0. The summed E-state index contributed by atoms with van der Waals surface area (Å²) in [6.07, 6.45) is 1.98. The monoisotopic (exact) mass is 186 g/mol. The van der Waals surface area contributed by atoms with Gasteiger partial charge >= 0.3 is 0 Å². The van der Waals surface area contributed by atoms with E-state index in [0.717, 1.165) is 12.8 Å². The third-order valence-electron chi connectivity index (χ3n) is 2.39. The minimum atomic E-state index is -0.379. The second-order valence-corrected chi connectivity index (χ2v) is 3.62. The van der Waals surface area contributed by atoms with Gasteiger partial charge in [-0.3, -0.25) is 4.79 Å². The molecule has 4 nitrogen and oxygen atoms in total. The Hall–Kier alpha value is -0.610. The molecule has 76 valence electrons. The van der Waals surface area contributed by atoms with E-state index in [1.807, 2.05) is 6.92 Å². The fraction of sp³-hybridized carbons (Fsp3) is 0.889. The highest BCUT2D eigenvalue weighted by Crippen LogP contribution is 2.10. The maximum atomic E-state index is 11.6. The van der Waals surface area contributed by atoms with E-state index in [1.165, 1.54) is 0 Å². The predicted molar refractivity (Wildman–Crippen MR) is 50.1 cm³/mol. The zero-order valence-corrected chi connectivity index (χ0v) is 8.07. The number of hydrogen-bond donors (Lipinski definition) is 2. The van der Waals surface area contributed by atoms with Gasteiger partial charge < -0.3 is 15.7 Å². The summed E-state index contributed by atoms with van der Waals surface area (Å²) in [5.74, 6) is -0.0154. The highest BCUT2D eigenvalue weighted by molar-refractivity contribution is 5.81. The van der Waals surface area contributed by atoms with E-state index in [0.29, 0.717) is 19.5 Å². The van der Waals surface area contributed by atoms with Gasteiger partial charge in [-0.1, -0.05) is 13.3 Å². The van der Waals surface area contributed by atoms with Crippen LogP contribution in [0.25, 0.3) is 0 Å². The molecule has 0 saturated carbocycles. The molecule has 4 heteroatoms. The molecule has 0 aliphatic carbocycles. The summed E-state index contributed by atoms with van der Waals surface area (Å²) in [7, 11) is 0. The lowest BCUT2D eigenvalue weighted by Crippen LogP contribution is -2.42. The maximum absolute atomic E-state index is 11.6. The van der Waals surface area contributed by atoms with E-state index in [1.54, 1.807) is 4.90 Å². The van der Waals surface area contributed by atoms with Gasteiger partial charge in [-0.05, 0) is 12.8 Å². The van der Waals surface area contributed by atoms with Gasteiger partial charge in [-0.15, -0.1) is 0 Å². The molecule has 13 heavy (non-hydrogen) atoms. The van der Waals surface area contributed by atoms with E-state index in [9.17, 15) is 9.90 Å². The molecule has 1 aliphatic heterocycles. The minimum absolute atomic E-state index is 0.0154. The number of nitrogens with two attached hydrogens (primary N) is 1. The summed E-state index contributed by atoms with van der Waals surface area (Å²) in [5.41, 5.74) is 5.68. The number of amides is 1. The number of nitrogens with zero attached hydrogens (tertiary/aromatic N) is 1. The third kappa shape index (κ3) is 2.67. The molecule has 1 fully saturated rings. The van der Waals surface area contributed by atoms with Crippen molar-refractivity contribution < 1.29 is 9.90 Å². The SMILES string of the molecule is CCCC(N)C(=O)N1CC[C@H](O)C1. The summed E-state index contributed by atoms with van der Waals surface area (Å²) in [4.78, 5) is 13.2. The first-order valence-electron chi connectivity index (χ1n) is 4.87. The van der Waals surface area contributed by atoms with Crippen LogP contribution in [0.15, 0.2) is 0 Å². The first-order chi connectivity index (χ1) is 6.15. The second-order valence-electron chi connectivity index (χ2n) is 3.62. The van der Waals surface area contributed by atoms with Crippen LogP contribution in [-0.4, -0.2) is 41.1 Å². The average molecular weight is 186 g/mol. The number of carbonyl (C=O) groups excluding carboxylic acids is 1. The van der Waals surface area contributed by atoms with E-state index >= 15 is 0 Å². The lowest BCUT2D eigenvalue weighted by molar-refractivity contribution is -0.132. The quantitative estimate of drug-likeness (QED) is 0.636. The largest absolute Gasteiger partial charge is 0.391 e. The molecule has 1 heterocycles. The first-order valence-corrected chi connectivity index (χ1v) is 4.87. The molecule has 0 aromatic rings. The predicted octanol–water partition coefficient (Wildman–Crippen LogP) is -0.293. The van der Waals surface area contributed by atoms with Gasteiger partial charge in [-0.2, -0.15) is 0 Å². The first kappa shape index (κ1) is 10.5. The van der Waals surface area contributed by atoms with Gasteiger partial charge in [0.1, 0.15) is 0 Å². The van der Waals surface area contributed by atoms with Gasteiger partial charge in [0.05, 0.1) is 12.1 Å². The zero-order chi connectivity index (χ0) is 9.84. The number of aliphatic hydroxyl groups excluding tert-OH is 1. The Morgan fingerprint density at radius 3 is 2.92 bits per heavy atom. The number of carbonyl (C=O) groups is 1. The average Bonchev–Trinajstić information content (AvgIpc) is 2.51. The molecule has 2 atom stereocenters. The van der Waals surface area contributed by atoms with Crippen LogP contribution in [0.2, 0.25) is 0 Å². The standard InChI is InChI=1S/C9H18N2O2/c1-2-3-8(10)9(13)11-5-4-7(12)6-11/h7-8,12H,2-6,10H2,1H3/t7-,8?/m0/s1. The van der Waals surface area contributed by atoms with Crippen LogP contribution in [0.4, 0.5) is 0 Å². The smallest absolute Gasteiger partial charge is 0.239 e. The maximum Gasteiger partial charge on any atom is 0.239 e. The number of likely N-dealkylation sites (tertiary alicyclic amines) is 1. The van der Waals surface area contributed by atoms with Crippen molar-refractivity contribution in [3.8, 4) is 0 Å². The Bertz CT molecular complexity index is 184. The van der Waals surface area contributed by atoms with Crippen molar-refractivity contribution in [2.24, 2.45) is 5.73 Å². The van der Waals surface area contributed by atoms with E-state index in [2.05, 4.69) is 0 Å². The van der Waals surface area contributed by atoms with Gasteiger partial charge in [0.2, 0.25) is 5.91 Å². The molecule has 0 bridgehead atoms. The van der Waals surface area contributed by atoms with Crippen LogP contribution in [0.3, 0.4) is 0 Å². The molecule has 1 saturated heterocycles. The normalized spacial score (nSPS) is 24.8. The Morgan fingerprint density at radius 1 is 1.77 bits per heavy atom. The number of β-amino-alcohol motifs (C(OH)–C–C–N with tert-alkyl or cyclic N) is 1. The Balaban J connectivity index is 2.38. The summed E-state index contributed by atoms with van der Waals surface area (Å²) in [5, 5.41) is 9.23. The van der Waals surface area contributed by atoms with E-state index in [4.69, 9.17) is 5.73 Å². The molecular formula is C9H18N2O2. The topological polar surface area (TPSA) is 66.6 Å². The molecule has 1 rings (SSSR count). The zero-order valence-electron chi connectivity index (χ0n) is 8.07. The Kier molecular flexibility index (Phi) is 3.69. The van der Waals surface area contributed by atoms with Crippen LogP contribution >= 0.6 is 0 Å². The summed E-state index contributed by atoms with van der Waals surface area (Å²) >= 11 is 0. The summed E-state index contributed by atoms with van der Waals surface area (Å²) in [6.45, 7) is 3.11. The van der Waals surface area contributed by atoms with Crippen molar-refractivity contribution in [2.75, 3.05) is 13.1 Å². The fourth-order valence-corrected chi connectivity index (χ4v) is 1.61. The van der Waals surface area contributed by atoms with Crippen molar-refractivity contribution in [3.63, 3.8) is 0 Å². The van der Waals surface area contributed by atoms with Crippen molar-refractivity contribution >= 4 is 5.91 Å². The molecular weight excluding hydrogens is 168 g/mol. The minimum Gasteiger partial charge on any atom is -0.391 e. The number of aliphatic hydroxyl groups is 1. The van der Waals surface area contributed by atoms with Gasteiger partial charge in [0, 0.05) is 13.1 Å². The van der Waals surface area contributed by atoms with Crippen LogP contribution < -0.4 is 5.73 Å². The van der Waals surface area contributed by atoms with Gasteiger partial charge in [0.15, 0.2) is 0 Å². The van der Waals surface area contributed by atoms with Crippen LogP contribution in [0, 0.1) is 0 Å². The van der Waals surface area contributed by atoms with Crippen molar-refractivity contribution in [1.82, 2.24) is 4.90 Å².